The maximum Gasteiger partial charge on any atom is 0.0701 e. The second-order valence-electron chi connectivity index (χ2n) is 4.40. The van der Waals surface area contributed by atoms with Gasteiger partial charge in [0.1, 0.15) is 0 Å². The molecule has 0 amide bonds. The molecular weight excluding hydrogens is 274 g/mol. The van der Waals surface area contributed by atoms with Crippen molar-refractivity contribution in [3.8, 4) is 0 Å². The Bertz CT molecular complexity index is 335. The van der Waals surface area contributed by atoms with E-state index < -0.39 is 0 Å². The molecule has 1 saturated carbocycles. The molecule has 1 fully saturated rings. The number of thiophene rings is 1. The smallest absolute Gasteiger partial charge is 0.0701 e. The van der Waals surface area contributed by atoms with Crippen LogP contribution in [-0.2, 0) is 0 Å². The van der Waals surface area contributed by atoms with Crippen molar-refractivity contribution in [2.75, 3.05) is 13.2 Å². The Hall–Kier alpha value is 0.1000. The van der Waals surface area contributed by atoms with Crippen LogP contribution in [-0.4, -0.2) is 18.3 Å². The van der Waals surface area contributed by atoms with Crippen LogP contribution in [0.3, 0.4) is 0 Å². The minimum Gasteiger partial charge on any atom is -0.396 e. The first-order chi connectivity index (χ1) is 7.15. The van der Waals surface area contributed by atoms with Gasteiger partial charge in [0.2, 0.25) is 0 Å². The zero-order chi connectivity index (χ0) is 10.9. The molecule has 0 bridgehead atoms. The van der Waals surface area contributed by atoms with Crippen molar-refractivity contribution in [2.24, 2.45) is 5.41 Å². The zero-order valence-corrected chi connectivity index (χ0v) is 11.2. The number of nitrogens with one attached hydrogen (secondary N) is 1. The average molecular weight is 290 g/mol. The van der Waals surface area contributed by atoms with Crippen LogP contribution < -0.4 is 5.32 Å². The molecule has 1 aromatic heterocycles. The molecule has 0 aromatic carbocycles. The maximum absolute atomic E-state index is 9.20. The Labute approximate surface area is 103 Å². The molecule has 1 aliphatic rings. The molecule has 1 aromatic rings. The van der Waals surface area contributed by atoms with E-state index in [9.17, 15) is 5.11 Å². The molecule has 1 atom stereocenters. The third kappa shape index (κ3) is 2.81. The third-order valence-corrected chi connectivity index (χ3v) is 4.90. The fourth-order valence-corrected chi connectivity index (χ4v) is 3.05. The predicted octanol–water partition coefficient (Wildman–Crippen LogP) is 2.93. The first-order valence-corrected chi connectivity index (χ1v) is 6.86. The van der Waals surface area contributed by atoms with Gasteiger partial charge in [-0.1, -0.05) is 0 Å². The first-order valence-electron chi connectivity index (χ1n) is 5.25. The van der Waals surface area contributed by atoms with Gasteiger partial charge in [-0.3, -0.25) is 0 Å². The molecule has 4 heteroatoms. The van der Waals surface area contributed by atoms with E-state index in [1.165, 1.54) is 8.66 Å². The summed E-state index contributed by atoms with van der Waals surface area (Å²) in [6.07, 6.45) is 2.33. The Kier molecular flexibility index (Phi) is 3.50. The molecule has 2 nitrogen and oxygen atoms in total. The fraction of sp³-hybridized carbons (Fsp3) is 0.636. The van der Waals surface area contributed by atoms with Gasteiger partial charge in [0.15, 0.2) is 0 Å². The molecule has 2 N–H and O–H groups in total. The van der Waals surface area contributed by atoms with E-state index in [0.717, 1.165) is 19.4 Å². The van der Waals surface area contributed by atoms with E-state index in [0.29, 0.717) is 12.6 Å². The normalized spacial score (nSPS) is 20.2. The van der Waals surface area contributed by atoms with Crippen molar-refractivity contribution in [3.63, 3.8) is 0 Å². The van der Waals surface area contributed by atoms with Crippen LogP contribution in [0.4, 0.5) is 0 Å². The van der Waals surface area contributed by atoms with E-state index in [1.807, 2.05) is 0 Å². The Morgan fingerprint density at radius 1 is 1.60 bits per heavy atom. The van der Waals surface area contributed by atoms with Crippen LogP contribution in [0.25, 0.3) is 0 Å². The quantitative estimate of drug-likeness (QED) is 0.874. The van der Waals surface area contributed by atoms with E-state index in [2.05, 4.69) is 40.3 Å². The lowest BCUT2D eigenvalue weighted by Crippen LogP contribution is -2.28. The Balaban J connectivity index is 1.85. The van der Waals surface area contributed by atoms with Crippen molar-refractivity contribution < 1.29 is 5.11 Å². The van der Waals surface area contributed by atoms with Crippen LogP contribution in [0.5, 0.6) is 0 Å². The summed E-state index contributed by atoms with van der Waals surface area (Å²) < 4.78 is 1.18. The van der Waals surface area contributed by atoms with Gasteiger partial charge in [0.05, 0.1) is 3.79 Å². The average Bonchev–Trinajstić information content (AvgIpc) is 2.90. The summed E-state index contributed by atoms with van der Waals surface area (Å²) >= 11 is 5.23. The number of aliphatic hydroxyl groups excluding tert-OH is 1. The standard InChI is InChI=1S/C11H16BrNOS/c1-8(9-2-3-10(12)15-9)13-6-11(7-14)4-5-11/h2-3,8,13-14H,4-7H2,1H3. The van der Waals surface area contributed by atoms with Gasteiger partial charge in [-0.05, 0) is 47.8 Å². The molecule has 1 unspecified atom stereocenters. The molecule has 15 heavy (non-hydrogen) atoms. The fourth-order valence-electron chi connectivity index (χ4n) is 1.60. The van der Waals surface area contributed by atoms with Gasteiger partial charge >= 0.3 is 0 Å². The van der Waals surface area contributed by atoms with E-state index in [1.54, 1.807) is 11.3 Å². The van der Waals surface area contributed by atoms with Crippen molar-refractivity contribution in [1.29, 1.82) is 0 Å². The van der Waals surface area contributed by atoms with Gasteiger partial charge in [0.25, 0.3) is 0 Å². The van der Waals surface area contributed by atoms with Gasteiger partial charge in [-0.25, -0.2) is 0 Å². The molecule has 1 aliphatic carbocycles. The highest BCUT2D eigenvalue weighted by Gasteiger charge is 2.41. The van der Waals surface area contributed by atoms with Gasteiger partial charge in [-0.15, -0.1) is 11.3 Å². The molecule has 84 valence electrons. The minimum atomic E-state index is 0.197. The summed E-state index contributed by atoms with van der Waals surface area (Å²) in [6, 6.07) is 4.60. The Morgan fingerprint density at radius 3 is 2.80 bits per heavy atom. The highest BCUT2D eigenvalue weighted by molar-refractivity contribution is 9.11. The highest BCUT2D eigenvalue weighted by atomic mass is 79.9. The highest BCUT2D eigenvalue weighted by Crippen LogP contribution is 2.44. The SMILES string of the molecule is CC(NCC1(CO)CC1)c1ccc(Br)s1. The third-order valence-electron chi connectivity index (χ3n) is 3.10. The lowest BCUT2D eigenvalue weighted by atomic mass is 10.1. The molecule has 0 spiro atoms. The van der Waals surface area contributed by atoms with Crippen molar-refractivity contribution >= 4 is 27.3 Å². The lowest BCUT2D eigenvalue weighted by molar-refractivity contribution is 0.205. The second kappa shape index (κ2) is 4.53. The summed E-state index contributed by atoms with van der Waals surface area (Å²) in [5.74, 6) is 0. The maximum atomic E-state index is 9.20. The van der Waals surface area contributed by atoms with Crippen LogP contribution in [0.15, 0.2) is 15.9 Å². The molecular formula is C11H16BrNOS. The lowest BCUT2D eigenvalue weighted by Gasteiger charge is -2.17. The summed E-state index contributed by atoms with van der Waals surface area (Å²) in [5.41, 5.74) is 0.197. The van der Waals surface area contributed by atoms with Crippen LogP contribution in [0.2, 0.25) is 0 Å². The number of hydrogen-bond acceptors (Lipinski definition) is 3. The topological polar surface area (TPSA) is 32.3 Å². The molecule has 1 heterocycles. The van der Waals surface area contributed by atoms with Crippen molar-refractivity contribution in [1.82, 2.24) is 5.32 Å². The van der Waals surface area contributed by atoms with Crippen LogP contribution >= 0.6 is 27.3 Å². The van der Waals surface area contributed by atoms with Crippen molar-refractivity contribution in [3.05, 3.63) is 20.8 Å². The van der Waals surface area contributed by atoms with E-state index in [4.69, 9.17) is 0 Å². The summed E-state index contributed by atoms with van der Waals surface area (Å²) in [6.45, 7) is 3.42. The predicted molar refractivity (Wildman–Crippen MR) is 67.2 cm³/mol. The molecule has 0 aliphatic heterocycles. The number of aliphatic hydroxyl groups is 1. The molecule has 2 rings (SSSR count). The minimum absolute atomic E-state index is 0.197. The monoisotopic (exact) mass is 289 g/mol. The number of rotatable bonds is 5. The second-order valence-corrected chi connectivity index (χ2v) is 6.90. The Morgan fingerprint density at radius 2 is 2.33 bits per heavy atom. The van der Waals surface area contributed by atoms with Crippen LogP contribution in [0, 0.1) is 5.41 Å². The summed E-state index contributed by atoms with van der Waals surface area (Å²) in [5, 5.41) is 12.7. The van der Waals surface area contributed by atoms with Gasteiger partial charge in [0, 0.05) is 29.5 Å². The molecule has 0 saturated heterocycles. The van der Waals surface area contributed by atoms with Gasteiger partial charge in [-0.2, -0.15) is 0 Å². The number of hydrogen-bond donors (Lipinski definition) is 2. The summed E-state index contributed by atoms with van der Waals surface area (Å²) in [4.78, 5) is 1.34. The van der Waals surface area contributed by atoms with E-state index in [-0.39, 0.29) is 5.41 Å². The first kappa shape index (κ1) is 11.6. The van der Waals surface area contributed by atoms with Gasteiger partial charge < -0.3 is 10.4 Å². The summed E-state index contributed by atoms with van der Waals surface area (Å²) in [7, 11) is 0. The largest absolute Gasteiger partial charge is 0.396 e. The number of halogens is 1. The zero-order valence-electron chi connectivity index (χ0n) is 8.79. The van der Waals surface area contributed by atoms with Crippen molar-refractivity contribution in [2.45, 2.75) is 25.8 Å². The van der Waals surface area contributed by atoms with Crippen LogP contribution in [0.1, 0.15) is 30.7 Å². The molecule has 0 radical (unpaired) electrons. The van der Waals surface area contributed by atoms with E-state index >= 15 is 0 Å².